The van der Waals surface area contributed by atoms with Gasteiger partial charge in [0.2, 0.25) is 12.1 Å². The smallest absolute Gasteiger partial charge is 0.250 e. The van der Waals surface area contributed by atoms with Crippen LogP contribution in [-0.2, 0) is 0 Å². The predicted molar refractivity (Wildman–Crippen MR) is 120 cm³/mol. The average Bonchev–Trinajstić information content (AvgIpc) is 3.31. The number of tetrazole rings is 1. The zero-order valence-corrected chi connectivity index (χ0v) is 18.8. The zero-order valence-electron chi connectivity index (χ0n) is 18.1. The Bertz CT molecular complexity index is 1480. The van der Waals surface area contributed by atoms with Gasteiger partial charge >= 0.3 is 0 Å². The quantitative estimate of drug-likeness (QED) is 0.249. The van der Waals surface area contributed by atoms with E-state index < -0.39 is 5.82 Å². The fourth-order valence-electron chi connectivity index (χ4n) is 4.13. The summed E-state index contributed by atoms with van der Waals surface area (Å²) >= 11 is 6.06. The average molecular weight is 494 g/mol. The molecule has 176 valence electrons. The lowest BCUT2D eigenvalue weighted by atomic mass is 10.0. The van der Waals surface area contributed by atoms with E-state index in [2.05, 4.69) is 30.8 Å². The van der Waals surface area contributed by atoms with E-state index in [0.29, 0.717) is 34.3 Å². The van der Waals surface area contributed by atoms with Crippen molar-refractivity contribution in [3.63, 3.8) is 0 Å². The summed E-state index contributed by atoms with van der Waals surface area (Å²) in [4.78, 5) is 0. The molecule has 1 aliphatic rings. The maximum Gasteiger partial charge on any atom is 0.250 e. The van der Waals surface area contributed by atoms with Gasteiger partial charge in [-0.15, -0.1) is 15.3 Å². The Balaban J connectivity index is 1.41. The van der Waals surface area contributed by atoms with Gasteiger partial charge in [-0.05, 0) is 41.0 Å². The number of rotatable bonds is 7. The van der Waals surface area contributed by atoms with Crippen molar-refractivity contribution in [1.82, 2.24) is 40.2 Å². The molecule has 1 aliphatic carbocycles. The highest BCUT2D eigenvalue weighted by Crippen LogP contribution is 2.39. The van der Waals surface area contributed by atoms with Crippen LogP contribution in [0.15, 0.2) is 60.0 Å². The summed E-state index contributed by atoms with van der Waals surface area (Å²) in [6, 6.07) is 6.07. The molecule has 1 fully saturated rings. The molecule has 4 aromatic heterocycles. The highest BCUT2D eigenvalue weighted by Gasteiger charge is 2.32. The lowest BCUT2D eigenvalue weighted by Gasteiger charge is -2.18. The van der Waals surface area contributed by atoms with Gasteiger partial charge in [0.05, 0.1) is 33.6 Å². The first-order valence-corrected chi connectivity index (χ1v) is 11.2. The largest absolute Gasteiger partial charge is 0.618 e. The second-order valence-electron chi connectivity index (χ2n) is 8.33. The number of aromatic nitrogens is 9. The third-order valence-electron chi connectivity index (χ3n) is 6.02. The Morgan fingerprint density at radius 1 is 1.20 bits per heavy atom. The topological polar surface area (TPSA) is 127 Å². The molecule has 35 heavy (non-hydrogen) atoms. The van der Waals surface area contributed by atoms with Crippen LogP contribution in [0, 0.1) is 16.9 Å². The maximum absolute atomic E-state index is 15.2. The van der Waals surface area contributed by atoms with Crippen LogP contribution in [0.25, 0.3) is 28.3 Å². The van der Waals surface area contributed by atoms with Crippen molar-refractivity contribution in [2.75, 3.05) is 0 Å². The van der Waals surface area contributed by atoms with Crippen molar-refractivity contribution in [2.45, 2.75) is 25.3 Å². The Morgan fingerprint density at radius 2 is 2.09 bits per heavy atom. The van der Waals surface area contributed by atoms with Gasteiger partial charge in [-0.1, -0.05) is 24.4 Å². The second kappa shape index (κ2) is 8.55. The van der Waals surface area contributed by atoms with Gasteiger partial charge in [0.1, 0.15) is 12.4 Å². The predicted octanol–water partition coefficient (Wildman–Crippen LogP) is 3.39. The third-order valence-corrected chi connectivity index (χ3v) is 6.32. The molecule has 13 heteroatoms. The van der Waals surface area contributed by atoms with E-state index in [-0.39, 0.29) is 16.6 Å². The van der Waals surface area contributed by atoms with E-state index in [1.54, 1.807) is 35.3 Å². The molecular weight excluding hydrogens is 477 g/mol. The van der Waals surface area contributed by atoms with Gasteiger partial charge in [0, 0.05) is 12.3 Å². The van der Waals surface area contributed by atoms with Crippen LogP contribution < -0.4 is 4.73 Å². The Hall–Kier alpha value is -4.19. The third kappa shape index (κ3) is 4.01. The van der Waals surface area contributed by atoms with E-state index in [0.717, 1.165) is 24.0 Å². The van der Waals surface area contributed by atoms with Crippen molar-refractivity contribution in [3.8, 4) is 28.3 Å². The number of benzene rings is 1. The molecule has 0 radical (unpaired) electrons. The lowest BCUT2D eigenvalue weighted by molar-refractivity contribution is -0.615. The van der Waals surface area contributed by atoms with Crippen molar-refractivity contribution < 1.29 is 13.5 Å². The fourth-order valence-corrected chi connectivity index (χ4v) is 4.28. The fraction of sp³-hybridized carbons (Fsp3) is 0.227. The maximum atomic E-state index is 15.2. The monoisotopic (exact) mass is 493 g/mol. The van der Waals surface area contributed by atoms with E-state index in [9.17, 15) is 5.21 Å². The van der Waals surface area contributed by atoms with Crippen molar-refractivity contribution in [3.05, 3.63) is 77.3 Å². The number of pyridine rings is 1. The standard InChI is InChI=1S/C22H17ClFN9O2/c23-16-4-6-18(32-11-25-29-30-32)20(21(16)24)14-3-5-17(33(34)10-14)19(7-13-1-2-13)31-9-15(8-27-31)22-28-26-12-35-22/h3-6,8-13,19H,1-2,7H2/t19-/m1/s1. The van der Waals surface area contributed by atoms with Crippen molar-refractivity contribution in [1.29, 1.82) is 0 Å². The molecule has 11 nitrogen and oxygen atoms in total. The Morgan fingerprint density at radius 3 is 2.80 bits per heavy atom. The molecule has 0 N–H and O–H groups in total. The molecule has 1 saturated carbocycles. The molecule has 4 heterocycles. The van der Waals surface area contributed by atoms with Gasteiger partial charge in [0.15, 0.2) is 12.0 Å². The molecule has 0 bridgehead atoms. The number of halogens is 2. The molecule has 1 aromatic carbocycles. The summed E-state index contributed by atoms with van der Waals surface area (Å²) in [7, 11) is 0. The van der Waals surface area contributed by atoms with Crippen LogP contribution in [0.5, 0.6) is 0 Å². The van der Waals surface area contributed by atoms with E-state index >= 15 is 4.39 Å². The lowest BCUT2D eigenvalue weighted by Crippen LogP contribution is -2.35. The summed E-state index contributed by atoms with van der Waals surface area (Å²) in [5.74, 6) is 0.184. The highest BCUT2D eigenvalue weighted by atomic mass is 35.5. The highest BCUT2D eigenvalue weighted by molar-refractivity contribution is 6.31. The van der Waals surface area contributed by atoms with Crippen LogP contribution in [0.2, 0.25) is 5.02 Å². The normalized spacial score (nSPS) is 14.3. The van der Waals surface area contributed by atoms with Crippen LogP contribution in [0.1, 0.15) is 31.0 Å². The summed E-state index contributed by atoms with van der Waals surface area (Å²) in [6.45, 7) is 0. The number of hydrogen-bond acceptors (Lipinski definition) is 8. The first-order valence-electron chi connectivity index (χ1n) is 10.8. The zero-order chi connectivity index (χ0) is 23.9. The molecule has 6 rings (SSSR count). The Kier molecular flexibility index (Phi) is 5.21. The van der Waals surface area contributed by atoms with Gasteiger partial charge in [-0.25, -0.2) is 4.39 Å². The molecular formula is C22H17ClFN9O2. The first kappa shape index (κ1) is 21.4. The van der Waals surface area contributed by atoms with Gasteiger partial charge in [-0.3, -0.25) is 4.68 Å². The molecule has 5 aromatic rings. The molecule has 0 saturated heterocycles. The van der Waals surface area contributed by atoms with E-state index in [4.69, 9.17) is 16.0 Å². The minimum atomic E-state index is -0.668. The van der Waals surface area contributed by atoms with Crippen LogP contribution in [0.4, 0.5) is 4.39 Å². The molecule has 1 atom stereocenters. The van der Waals surface area contributed by atoms with Crippen LogP contribution in [0.3, 0.4) is 0 Å². The molecule has 0 unspecified atom stereocenters. The summed E-state index contributed by atoms with van der Waals surface area (Å²) in [6.07, 6.45) is 10.3. The van der Waals surface area contributed by atoms with Crippen LogP contribution in [-0.4, -0.2) is 40.2 Å². The molecule has 0 spiro atoms. The van der Waals surface area contributed by atoms with E-state index in [1.807, 2.05) is 0 Å². The van der Waals surface area contributed by atoms with Gasteiger partial charge in [0.25, 0.3) is 5.89 Å². The van der Waals surface area contributed by atoms with Crippen molar-refractivity contribution in [2.24, 2.45) is 5.92 Å². The minimum absolute atomic E-state index is 0.0740. The summed E-state index contributed by atoms with van der Waals surface area (Å²) in [5, 5.41) is 36.4. The van der Waals surface area contributed by atoms with Crippen molar-refractivity contribution >= 4 is 11.6 Å². The number of nitrogens with zero attached hydrogens (tertiary/aromatic N) is 9. The Labute approximate surface area is 202 Å². The van der Waals surface area contributed by atoms with E-state index in [1.165, 1.54) is 29.7 Å². The second-order valence-corrected chi connectivity index (χ2v) is 8.73. The summed E-state index contributed by atoms with van der Waals surface area (Å²) in [5.41, 5.74) is 1.95. The van der Waals surface area contributed by atoms with Gasteiger partial charge in [-0.2, -0.15) is 14.5 Å². The summed E-state index contributed by atoms with van der Waals surface area (Å²) < 4.78 is 24.2. The SMILES string of the molecule is [O-][n+]1cc(-c2c(-n3cnnn3)ccc(Cl)c2F)ccc1[C@@H](CC1CC1)n1cc(-c2nnco2)cn1. The van der Waals surface area contributed by atoms with Gasteiger partial charge < -0.3 is 9.62 Å². The molecule has 0 aliphatic heterocycles. The van der Waals surface area contributed by atoms with Crippen LogP contribution >= 0.6 is 11.6 Å². The first-order chi connectivity index (χ1) is 17.1. The molecule has 0 amide bonds. The number of hydrogen-bond donors (Lipinski definition) is 0. The minimum Gasteiger partial charge on any atom is -0.618 e.